The molecule has 1 aromatic heterocycles. The van der Waals surface area contributed by atoms with Crippen LogP contribution in [0.3, 0.4) is 0 Å². The van der Waals surface area contributed by atoms with Crippen LogP contribution in [0.4, 0.5) is 0 Å². The third-order valence-corrected chi connectivity index (χ3v) is 6.82. The minimum Gasteiger partial charge on any atom is -0.359 e. The van der Waals surface area contributed by atoms with Gasteiger partial charge in [-0.1, -0.05) is 91.0 Å². The molecule has 0 saturated carbocycles. The highest BCUT2D eigenvalue weighted by molar-refractivity contribution is 5.77. The molecule has 1 aliphatic heterocycles. The Labute approximate surface area is 207 Å². The maximum absolute atomic E-state index is 13.0. The zero-order valence-electron chi connectivity index (χ0n) is 19.8. The summed E-state index contributed by atoms with van der Waals surface area (Å²) >= 11 is 0. The van der Waals surface area contributed by atoms with Gasteiger partial charge in [0.05, 0.1) is 12.6 Å². The van der Waals surface area contributed by atoms with Crippen LogP contribution in [0, 0.1) is 0 Å². The molecule has 0 N–H and O–H groups in total. The number of benzene rings is 3. The topological polar surface area (TPSA) is 42.4 Å². The van der Waals surface area contributed by atoms with Crippen molar-refractivity contribution in [3.05, 3.63) is 138 Å². The monoisotopic (exact) mass is 462 g/mol. The van der Waals surface area contributed by atoms with Crippen molar-refractivity contribution in [3.8, 4) is 0 Å². The van der Waals surface area contributed by atoms with Gasteiger partial charge in [-0.3, -0.25) is 9.78 Å². The smallest absolute Gasteiger partial charge is 0.223 e. The molecule has 1 fully saturated rings. The van der Waals surface area contributed by atoms with E-state index in [4.69, 9.17) is 4.74 Å². The Hall–Kier alpha value is -3.76. The normalized spacial score (nSPS) is 16.3. The molecule has 1 unspecified atom stereocenters. The number of hydrogen-bond donors (Lipinski definition) is 0. The van der Waals surface area contributed by atoms with Crippen molar-refractivity contribution >= 4 is 5.91 Å². The largest absolute Gasteiger partial charge is 0.359 e. The third kappa shape index (κ3) is 4.89. The molecule has 4 aromatic rings. The van der Waals surface area contributed by atoms with Crippen LogP contribution in [-0.4, -0.2) is 28.4 Å². The van der Waals surface area contributed by atoms with E-state index in [-0.39, 0.29) is 11.9 Å². The molecule has 4 heteroatoms. The Morgan fingerprint density at radius 3 is 1.80 bits per heavy atom. The highest BCUT2D eigenvalue weighted by Gasteiger charge is 2.39. The Bertz CT molecular complexity index is 1120. The first-order valence-electron chi connectivity index (χ1n) is 12.3. The van der Waals surface area contributed by atoms with Crippen molar-refractivity contribution in [1.82, 2.24) is 9.88 Å². The van der Waals surface area contributed by atoms with Crippen molar-refractivity contribution in [3.63, 3.8) is 0 Å². The van der Waals surface area contributed by atoms with Crippen molar-refractivity contribution < 1.29 is 9.53 Å². The number of piperidine rings is 1. The molecule has 1 atom stereocenters. The molecule has 3 aromatic carbocycles. The standard InChI is InChI=1S/C31H30N2O2/c34-30-18-10-17-29(33(30)23-25-19-21-32-22-20-25)24-35-31(26-11-4-1-5-12-26,27-13-6-2-7-14-27)28-15-8-3-9-16-28/h1-9,11-16,19-22,29H,10,17-18,23-24H2. The number of amides is 1. The second kappa shape index (κ2) is 10.7. The van der Waals surface area contributed by atoms with Gasteiger partial charge in [0, 0.05) is 25.4 Å². The van der Waals surface area contributed by atoms with Crippen LogP contribution in [0.25, 0.3) is 0 Å². The van der Waals surface area contributed by atoms with E-state index in [1.54, 1.807) is 12.4 Å². The van der Waals surface area contributed by atoms with Crippen molar-refractivity contribution in [2.75, 3.05) is 6.61 Å². The molecule has 0 radical (unpaired) electrons. The number of aromatic nitrogens is 1. The summed E-state index contributed by atoms with van der Waals surface area (Å²) < 4.78 is 7.04. The van der Waals surface area contributed by atoms with Crippen molar-refractivity contribution in [1.29, 1.82) is 0 Å². The maximum Gasteiger partial charge on any atom is 0.223 e. The van der Waals surface area contributed by atoms with Gasteiger partial charge >= 0.3 is 0 Å². The lowest BCUT2D eigenvalue weighted by Gasteiger charge is -2.41. The van der Waals surface area contributed by atoms with Gasteiger partial charge in [-0.15, -0.1) is 0 Å². The Balaban J connectivity index is 1.53. The van der Waals surface area contributed by atoms with Gasteiger partial charge in [0.2, 0.25) is 5.91 Å². The van der Waals surface area contributed by atoms with Gasteiger partial charge in [-0.2, -0.15) is 0 Å². The van der Waals surface area contributed by atoms with Gasteiger partial charge in [0.25, 0.3) is 0 Å². The molecule has 1 saturated heterocycles. The number of carbonyl (C=O) groups is 1. The fourth-order valence-corrected chi connectivity index (χ4v) is 5.06. The van der Waals surface area contributed by atoms with Crippen LogP contribution in [0.15, 0.2) is 116 Å². The minimum atomic E-state index is -0.785. The number of rotatable bonds is 8. The number of hydrogen-bond acceptors (Lipinski definition) is 3. The molecule has 0 spiro atoms. The van der Waals surface area contributed by atoms with Gasteiger partial charge in [-0.25, -0.2) is 0 Å². The van der Waals surface area contributed by atoms with Crippen LogP contribution in [0.1, 0.15) is 41.5 Å². The summed E-state index contributed by atoms with van der Waals surface area (Å²) in [6.07, 6.45) is 5.95. The van der Waals surface area contributed by atoms with E-state index in [9.17, 15) is 4.79 Å². The number of likely N-dealkylation sites (tertiary alicyclic amines) is 1. The lowest BCUT2D eigenvalue weighted by atomic mass is 9.80. The zero-order chi connectivity index (χ0) is 23.9. The molecule has 2 heterocycles. The second-order valence-corrected chi connectivity index (χ2v) is 9.01. The van der Waals surface area contributed by atoms with Crippen LogP contribution < -0.4 is 0 Å². The van der Waals surface area contributed by atoms with Crippen LogP contribution in [0.5, 0.6) is 0 Å². The summed E-state index contributed by atoms with van der Waals surface area (Å²) in [7, 11) is 0. The molecular formula is C31H30N2O2. The molecule has 0 aliphatic carbocycles. The summed E-state index contributed by atoms with van der Waals surface area (Å²) in [4.78, 5) is 19.1. The fourth-order valence-electron chi connectivity index (χ4n) is 5.06. The quantitative estimate of drug-likeness (QED) is 0.303. The minimum absolute atomic E-state index is 0.0000676. The van der Waals surface area contributed by atoms with Crippen LogP contribution >= 0.6 is 0 Å². The second-order valence-electron chi connectivity index (χ2n) is 9.01. The summed E-state index contributed by atoms with van der Waals surface area (Å²) in [5.74, 6) is 0.186. The number of carbonyl (C=O) groups excluding carboxylic acids is 1. The van der Waals surface area contributed by atoms with E-state index in [2.05, 4.69) is 77.8 Å². The lowest BCUT2D eigenvalue weighted by molar-refractivity contribution is -0.140. The highest BCUT2D eigenvalue weighted by atomic mass is 16.5. The molecule has 1 aliphatic rings. The molecule has 0 bridgehead atoms. The van der Waals surface area contributed by atoms with Gasteiger partial charge in [0.15, 0.2) is 0 Å². The molecular weight excluding hydrogens is 432 g/mol. The molecule has 176 valence electrons. The van der Waals surface area contributed by atoms with Crippen LogP contribution in [-0.2, 0) is 21.7 Å². The summed E-state index contributed by atoms with van der Waals surface area (Å²) in [6, 6.07) is 35.1. The maximum atomic E-state index is 13.0. The van der Waals surface area contributed by atoms with Gasteiger partial charge < -0.3 is 9.64 Å². The third-order valence-electron chi connectivity index (χ3n) is 6.82. The van der Waals surface area contributed by atoms with E-state index >= 15 is 0 Å². The van der Waals surface area contributed by atoms with E-state index < -0.39 is 5.60 Å². The first-order valence-corrected chi connectivity index (χ1v) is 12.3. The Morgan fingerprint density at radius 2 is 1.29 bits per heavy atom. The fraction of sp³-hybridized carbons (Fsp3) is 0.226. The predicted molar refractivity (Wildman–Crippen MR) is 138 cm³/mol. The Kier molecular flexibility index (Phi) is 7.01. The van der Waals surface area contributed by atoms with Gasteiger partial charge in [0.1, 0.15) is 5.60 Å². The average molecular weight is 463 g/mol. The SMILES string of the molecule is O=C1CCCC(COC(c2ccccc2)(c2ccccc2)c2ccccc2)N1Cc1ccncc1. The average Bonchev–Trinajstić information content (AvgIpc) is 2.93. The van der Waals surface area contributed by atoms with Gasteiger partial charge in [-0.05, 0) is 47.2 Å². The van der Waals surface area contributed by atoms with E-state index in [1.807, 2.05) is 35.2 Å². The van der Waals surface area contributed by atoms with Crippen molar-refractivity contribution in [2.45, 2.75) is 37.5 Å². The lowest BCUT2D eigenvalue weighted by Crippen LogP contribution is -2.47. The molecule has 35 heavy (non-hydrogen) atoms. The Morgan fingerprint density at radius 1 is 0.771 bits per heavy atom. The zero-order valence-corrected chi connectivity index (χ0v) is 19.8. The number of nitrogens with zero attached hydrogens (tertiary/aromatic N) is 2. The van der Waals surface area contributed by atoms with E-state index in [0.717, 1.165) is 35.1 Å². The molecule has 4 nitrogen and oxygen atoms in total. The number of ether oxygens (including phenoxy) is 1. The van der Waals surface area contributed by atoms with Crippen molar-refractivity contribution in [2.24, 2.45) is 0 Å². The summed E-state index contributed by atoms with van der Waals surface area (Å²) in [6.45, 7) is 1.01. The highest BCUT2D eigenvalue weighted by Crippen LogP contribution is 2.41. The number of pyridine rings is 1. The summed E-state index contributed by atoms with van der Waals surface area (Å²) in [5.41, 5.74) is 3.51. The predicted octanol–water partition coefficient (Wildman–Crippen LogP) is 5.97. The first kappa shape index (κ1) is 23.0. The van der Waals surface area contributed by atoms with E-state index in [1.165, 1.54) is 0 Å². The first-order chi connectivity index (χ1) is 17.3. The van der Waals surface area contributed by atoms with E-state index in [0.29, 0.717) is 19.6 Å². The molecule has 5 rings (SSSR count). The van der Waals surface area contributed by atoms with Crippen LogP contribution in [0.2, 0.25) is 0 Å². The summed E-state index contributed by atoms with van der Waals surface area (Å²) in [5, 5.41) is 0. The molecule has 1 amide bonds.